The van der Waals surface area contributed by atoms with Gasteiger partial charge in [0.25, 0.3) is 5.91 Å². The lowest BCUT2D eigenvalue weighted by atomic mass is 10.0. The van der Waals surface area contributed by atoms with Crippen LogP contribution in [0.5, 0.6) is 0 Å². The molecule has 3 aromatic rings. The number of anilines is 1. The summed E-state index contributed by atoms with van der Waals surface area (Å²) in [5, 5.41) is 2.54. The normalized spacial score (nSPS) is 15.9. The van der Waals surface area contributed by atoms with Gasteiger partial charge in [0.1, 0.15) is 11.3 Å². The molecule has 1 aliphatic heterocycles. The smallest absolute Gasteiger partial charge is 0.334 e. The number of amides is 1. The van der Waals surface area contributed by atoms with Crippen LogP contribution >= 0.6 is 11.3 Å². The molecule has 1 aliphatic rings. The van der Waals surface area contributed by atoms with Crippen molar-refractivity contribution in [2.75, 3.05) is 38.5 Å². The van der Waals surface area contributed by atoms with Gasteiger partial charge in [0.2, 0.25) is 0 Å². The standard InChI is InChI=1S/C19H20F3N5OS.CH4/c1-26-4-6-27(7-5-26)10-12-2-3-13(8-14(12)19(20,21)22)24-18(28)15-9-16-17(25-15)23-11-29-16;/h2-3,8-9,11,25H,4-7,10H2,1H3,(H,24,28);1H4. The van der Waals surface area contributed by atoms with Gasteiger partial charge in [-0.15, -0.1) is 11.3 Å². The summed E-state index contributed by atoms with van der Waals surface area (Å²) in [6.07, 6.45) is -4.50. The zero-order valence-corrected chi connectivity index (χ0v) is 16.5. The topological polar surface area (TPSA) is 64.3 Å². The van der Waals surface area contributed by atoms with Crippen molar-refractivity contribution in [1.29, 1.82) is 0 Å². The molecule has 3 heterocycles. The quantitative estimate of drug-likeness (QED) is 0.637. The first-order chi connectivity index (χ1) is 13.8. The molecule has 1 aromatic carbocycles. The van der Waals surface area contributed by atoms with Crippen molar-refractivity contribution < 1.29 is 18.0 Å². The molecule has 2 N–H and O–H groups in total. The third-order valence-electron chi connectivity index (χ3n) is 5.03. The molecule has 0 atom stereocenters. The first-order valence-corrected chi connectivity index (χ1v) is 10.0. The predicted molar refractivity (Wildman–Crippen MR) is 113 cm³/mol. The highest BCUT2D eigenvalue weighted by atomic mass is 32.1. The second-order valence-corrected chi connectivity index (χ2v) is 8.04. The molecular weight excluding hydrogens is 415 g/mol. The molecule has 6 nitrogen and oxygen atoms in total. The Balaban J connectivity index is 0.00000256. The molecule has 162 valence electrons. The first-order valence-electron chi connectivity index (χ1n) is 9.14. The Morgan fingerprint density at radius 2 is 1.97 bits per heavy atom. The zero-order valence-electron chi connectivity index (χ0n) is 15.7. The highest BCUT2D eigenvalue weighted by molar-refractivity contribution is 7.16. The second-order valence-electron chi connectivity index (χ2n) is 7.15. The summed E-state index contributed by atoms with van der Waals surface area (Å²) in [6.45, 7) is 3.35. The van der Waals surface area contributed by atoms with Gasteiger partial charge < -0.3 is 15.2 Å². The van der Waals surface area contributed by atoms with E-state index in [2.05, 4.69) is 20.2 Å². The van der Waals surface area contributed by atoms with E-state index in [4.69, 9.17) is 0 Å². The number of benzene rings is 1. The Labute approximate surface area is 176 Å². The molecule has 1 amide bonds. The third-order valence-corrected chi connectivity index (χ3v) is 5.81. The number of halogens is 3. The average Bonchev–Trinajstić information content (AvgIpc) is 3.26. The molecule has 10 heteroatoms. The van der Waals surface area contributed by atoms with E-state index in [1.165, 1.54) is 23.5 Å². The largest absolute Gasteiger partial charge is 0.416 e. The number of thiazole rings is 1. The molecule has 1 fully saturated rings. The van der Waals surface area contributed by atoms with Crippen LogP contribution in [-0.4, -0.2) is 58.9 Å². The highest BCUT2D eigenvalue weighted by Gasteiger charge is 2.34. The number of aromatic nitrogens is 2. The van der Waals surface area contributed by atoms with Crippen molar-refractivity contribution in [3.05, 3.63) is 46.6 Å². The number of nitrogens with zero attached hydrogens (tertiary/aromatic N) is 3. The maximum atomic E-state index is 13.7. The number of piperazine rings is 1. The Morgan fingerprint density at radius 3 is 2.63 bits per heavy atom. The Kier molecular flexibility index (Phi) is 6.49. The predicted octanol–water partition coefficient (Wildman–Crippen LogP) is 4.28. The van der Waals surface area contributed by atoms with Crippen LogP contribution in [0.3, 0.4) is 0 Å². The molecule has 2 aromatic heterocycles. The van der Waals surface area contributed by atoms with Crippen LogP contribution in [0.2, 0.25) is 0 Å². The number of likely N-dealkylation sites (N-methyl/N-ethyl adjacent to an activating group) is 1. The second kappa shape index (κ2) is 8.75. The van der Waals surface area contributed by atoms with Gasteiger partial charge in [-0.25, -0.2) is 4.98 Å². The van der Waals surface area contributed by atoms with Crippen molar-refractivity contribution >= 4 is 33.3 Å². The van der Waals surface area contributed by atoms with Crippen LogP contribution in [0, 0.1) is 0 Å². The van der Waals surface area contributed by atoms with Crippen LogP contribution in [-0.2, 0) is 12.7 Å². The SMILES string of the molecule is C.CN1CCN(Cc2ccc(NC(=O)c3cc4scnc4[nH]3)cc2C(F)(F)F)CC1. The number of nitrogens with one attached hydrogen (secondary N) is 2. The number of hydrogen-bond acceptors (Lipinski definition) is 5. The maximum absolute atomic E-state index is 13.7. The molecule has 0 bridgehead atoms. The van der Waals surface area contributed by atoms with Crippen LogP contribution in [0.15, 0.2) is 29.8 Å². The number of hydrogen-bond donors (Lipinski definition) is 2. The van der Waals surface area contributed by atoms with Gasteiger partial charge in [-0.05, 0) is 30.8 Å². The number of aromatic amines is 1. The highest BCUT2D eigenvalue weighted by Crippen LogP contribution is 2.34. The summed E-state index contributed by atoms with van der Waals surface area (Å²) in [4.78, 5) is 23.5. The lowest BCUT2D eigenvalue weighted by Gasteiger charge is -2.33. The van der Waals surface area contributed by atoms with Gasteiger partial charge in [-0.1, -0.05) is 13.5 Å². The van der Waals surface area contributed by atoms with Gasteiger partial charge in [-0.2, -0.15) is 13.2 Å². The van der Waals surface area contributed by atoms with Crippen molar-refractivity contribution in [3.8, 4) is 0 Å². The average molecular weight is 440 g/mol. The summed E-state index contributed by atoms with van der Waals surface area (Å²) in [7, 11) is 2.00. The van der Waals surface area contributed by atoms with Gasteiger partial charge in [0, 0.05) is 38.4 Å². The third kappa shape index (κ3) is 4.82. The molecule has 4 rings (SSSR count). The van der Waals surface area contributed by atoms with Gasteiger partial charge in [-0.3, -0.25) is 9.69 Å². The van der Waals surface area contributed by atoms with E-state index in [1.54, 1.807) is 11.6 Å². The molecule has 0 aliphatic carbocycles. The van der Waals surface area contributed by atoms with Crippen LogP contribution in [0.4, 0.5) is 18.9 Å². The number of H-pyrrole nitrogens is 1. The van der Waals surface area contributed by atoms with Crippen molar-refractivity contribution in [2.45, 2.75) is 20.1 Å². The molecule has 30 heavy (non-hydrogen) atoms. The Bertz CT molecular complexity index is 993. The number of carbonyl (C=O) groups is 1. The minimum atomic E-state index is -4.50. The Morgan fingerprint density at radius 1 is 1.23 bits per heavy atom. The van der Waals surface area contributed by atoms with Crippen LogP contribution in [0.25, 0.3) is 10.3 Å². The minimum absolute atomic E-state index is 0. The molecule has 1 saturated heterocycles. The molecule has 0 spiro atoms. The van der Waals surface area contributed by atoms with Crippen molar-refractivity contribution in [3.63, 3.8) is 0 Å². The van der Waals surface area contributed by atoms with Crippen LogP contribution in [0.1, 0.15) is 29.0 Å². The van der Waals surface area contributed by atoms with E-state index in [0.717, 1.165) is 36.9 Å². The Hall–Kier alpha value is -2.43. The number of fused-ring (bicyclic) bond motifs is 1. The number of rotatable bonds is 4. The monoisotopic (exact) mass is 439 g/mol. The fourth-order valence-corrected chi connectivity index (χ4v) is 4.04. The molecule has 0 unspecified atom stereocenters. The zero-order chi connectivity index (χ0) is 20.6. The van der Waals surface area contributed by atoms with E-state index in [9.17, 15) is 18.0 Å². The first kappa shape index (κ1) is 22.3. The van der Waals surface area contributed by atoms with Crippen LogP contribution < -0.4 is 5.32 Å². The van der Waals surface area contributed by atoms with E-state index in [0.29, 0.717) is 5.65 Å². The summed E-state index contributed by atoms with van der Waals surface area (Å²) < 4.78 is 41.8. The fourth-order valence-electron chi connectivity index (χ4n) is 3.37. The van der Waals surface area contributed by atoms with Gasteiger partial charge >= 0.3 is 6.18 Å². The van der Waals surface area contributed by atoms with E-state index in [-0.39, 0.29) is 30.9 Å². The van der Waals surface area contributed by atoms with E-state index >= 15 is 0 Å². The minimum Gasteiger partial charge on any atom is -0.334 e. The summed E-state index contributed by atoms with van der Waals surface area (Å²) in [6, 6.07) is 5.61. The lowest BCUT2D eigenvalue weighted by Crippen LogP contribution is -2.44. The fraction of sp³-hybridized carbons (Fsp3) is 0.400. The summed E-state index contributed by atoms with van der Waals surface area (Å²) >= 11 is 1.38. The summed E-state index contributed by atoms with van der Waals surface area (Å²) in [5.74, 6) is -0.504. The molecule has 0 radical (unpaired) electrons. The van der Waals surface area contributed by atoms with E-state index in [1.807, 2.05) is 11.9 Å². The summed E-state index contributed by atoms with van der Waals surface area (Å²) in [5.41, 5.74) is 2.09. The van der Waals surface area contributed by atoms with Gasteiger partial charge in [0.05, 0.1) is 15.8 Å². The molecule has 0 saturated carbocycles. The number of alkyl halides is 3. The van der Waals surface area contributed by atoms with Gasteiger partial charge in [0.15, 0.2) is 0 Å². The van der Waals surface area contributed by atoms with Crippen molar-refractivity contribution in [1.82, 2.24) is 19.8 Å². The lowest BCUT2D eigenvalue weighted by molar-refractivity contribution is -0.138. The molecular formula is C20H24F3N5OS. The van der Waals surface area contributed by atoms with E-state index < -0.39 is 17.6 Å². The van der Waals surface area contributed by atoms with Crippen molar-refractivity contribution in [2.24, 2.45) is 0 Å². The number of carbonyl (C=O) groups excluding carboxylic acids is 1. The maximum Gasteiger partial charge on any atom is 0.416 e.